The normalized spacial score (nSPS) is 12.2. The topological polar surface area (TPSA) is 30.7 Å². The van der Waals surface area contributed by atoms with Crippen LogP contribution in [0.5, 0.6) is 0 Å². The maximum absolute atomic E-state index is 6.20. The van der Waals surface area contributed by atoms with Gasteiger partial charge in [0.25, 0.3) is 0 Å². The quantitative estimate of drug-likeness (QED) is 0.123. The fourth-order valence-corrected chi connectivity index (χ4v) is 8.81. The monoisotopic (exact) mass is 1030 g/mol. The number of aromatic nitrogens is 3. The maximum Gasteiger partial charge on any atom is 2.00 e. The zero-order valence-electron chi connectivity index (χ0n) is 38.5. The summed E-state index contributed by atoms with van der Waals surface area (Å²) in [6.07, 6.45) is 1.93. The van der Waals surface area contributed by atoms with Crippen LogP contribution in [0.25, 0.3) is 83.5 Å². The first-order valence-electron chi connectivity index (χ1n) is 22.0. The second kappa shape index (κ2) is 17.0. The standard InChI is InChI=1S/C59H56N3S.Pt/c1-37-27-28-60-54-48(37)33-45(58(5,6)7)34-49(54)42-29-41(39-19-15-12-16-20-39)30-43(31-42)56-61-55-51(50-32-40(21-26-53(50)63)38-17-13-11-14-18-38)35-46(59(8,9)10)36-52(55)62(56)47-24-22-44(23-25-47)57(2,3)4;/h11-30,32-36,63H,1-10H3;/q-1;+2/p-1. The van der Waals surface area contributed by atoms with Crippen molar-refractivity contribution < 1.29 is 21.1 Å². The van der Waals surface area contributed by atoms with Gasteiger partial charge in [0.1, 0.15) is 0 Å². The van der Waals surface area contributed by atoms with Crippen LogP contribution >= 0.6 is 0 Å². The SMILES string of the molecule is Cc1ccnc2c(-c3[c-]c(-c4nc5c(-c6cc(-c7ccccc7)ccc6[S-])cc(C(C)(C)C)cc5n4-c4ccc(C(C)(C)C)cc4)cc(-c4ccccc4)c3)cc(C(C)(C)C)cc12.[Pt+2]. The minimum absolute atomic E-state index is 0. The van der Waals surface area contributed by atoms with Crippen molar-refractivity contribution in [2.75, 3.05) is 0 Å². The van der Waals surface area contributed by atoms with E-state index >= 15 is 0 Å². The largest absolute Gasteiger partial charge is 2.00 e. The summed E-state index contributed by atoms with van der Waals surface area (Å²) in [5.74, 6) is 0.811. The molecule has 0 radical (unpaired) electrons. The average Bonchev–Trinajstić information content (AvgIpc) is 3.66. The van der Waals surface area contributed by atoms with Gasteiger partial charge in [0.05, 0.1) is 16.9 Å². The van der Waals surface area contributed by atoms with Gasteiger partial charge >= 0.3 is 21.1 Å². The molecule has 0 unspecified atom stereocenters. The Kier molecular flexibility index (Phi) is 12.0. The van der Waals surface area contributed by atoms with Crippen LogP contribution in [0.3, 0.4) is 0 Å². The molecule has 0 aliphatic rings. The molecule has 2 aromatic heterocycles. The summed E-state index contributed by atoms with van der Waals surface area (Å²) >= 11 is 6.20. The Balaban J connectivity index is 0.00000560. The van der Waals surface area contributed by atoms with E-state index < -0.39 is 0 Å². The van der Waals surface area contributed by atoms with E-state index in [1.807, 2.05) is 6.20 Å². The number of imidazole rings is 1. The molecular formula is C59H55N3PtS. The van der Waals surface area contributed by atoms with Crippen LogP contribution in [0, 0.1) is 13.0 Å². The summed E-state index contributed by atoms with van der Waals surface area (Å²) in [6.45, 7) is 22.6. The number of rotatable bonds is 6. The smallest absolute Gasteiger partial charge is 0.779 e. The van der Waals surface area contributed by atoms with E-state index in [2.05, 4.69) is 225 Å². The molecule has 2 heterocycles. The number of hydrogen-bond donors (Lipinski definition) is 0. The number of nitrogens with zero attached hydrogens (tertiary/aromatic N) is 3. The molecule has 0 aliphatic heterocycles. The number of benzene rings is 7. The van der Waals surface area contributed by atoms with Crippen LogP contribution in [-0.4, -0.2) is 14.5 Å². The average molecular weight is 1030 g/mol. The number of fused-ring (bicyclic) bond motifs is 2. The molecule has 322 valence electrons. The van der Waals surface area contributed by atoms with Gasteiger partial charge in [0.15, 0.2) is 0 Å². The van der Waals surface area contributed by atoms with Gasteiger partial charge in [-0.15, -0.1) is 23.8 Å². The minimum atomic E-state index is -0.163. The van der Waals surface area contributed by atoms with Gasteiger partial charge in [-0.3, -0.25) is 9.97 Å². The van der Waals surface area contributed by atoms with E-state index in [0.29, 0.717) is 0 Å². The third kappa shape index (κ3) is 8.63. The van der Waals surface area contributed by atoms with Gasteiger partial charge in [-0.25, -0.2) is 0 Å². The van der Waals surface area contributed by atoms with Crippen molar-refractivity contribution >= 4 is 34.6 Å². The Labute approximate surface area is 399 Å². The Hall–Kier alpha value is -5.67. The van der Waals surface area contributed by atoms with Crippen LogP contribution < -0.4 is 0 Å². The zero-order chi connectivity index (χ0) is 44.4. The van der Waals surface area contributed by atoms with E-state index in [9.17, 15) is 0 Å². The summed E-state index contributed by atoms with van der Waals surface area (Å²) < 4.78 is 2.35. The molecular weight excluding hydrogens is 978 g/mol. The summed E-state index contributed by atoms with van der Waals surface area (Å²) in [5, 5.41) is 1.16. The molecule has 0 saturated heterocycles. The summed E-state index contributed by atoms with van der Waals surface area (Å²) in [6, 6.07) is 56.6. The third-order valence-electron chi connectivity index (χ3n) is 12.4. The first kappa shape index (κ1) is 44.9. The molecule has 0 aliphatic carbocycles. The molecule has 0 N–H and O–H groups in total. The van der Waals surface area contributed by atoms with Crippen LogP contribution in [0.2, 0.25) is 0 Å². The molecule has 0 saturated carbocycles. The summed E-state index contributed by atoms with van der Waals surface area (Å²) in [7, 11) is 0. The van der Waals surface area contributed by atoms with Gasteiger partial charge in [0, 0.05) is 23.0 Å². The third-order valence-corrected chi connectivity index (χ3v) is 12.8. The first-order chi connectivity index (χ1) is 29.9. The van der Waals surface area contributed by atoms with Crippen molar-refractivity contribution in [3.05, 3.63) is 180 Å². The summed E-state index contributed by atoms with van der Waals surface area (Å²) in [5.41, 5.74) is 18.0. The van der Waals surface area contributed by atoms with Crippen molar-refractivity contribution in [2.24, 2.45) is 0 Å². The van der Waals surface area contributed by atoms with E-state index in [1.165, 1.54) is 22.3 Å². The Bertz CT molecular complexity index is 3160. The molecule has 0 bridgehead atoms. The van der Waals surface area contributed by atoms with Crippen molar-refractivity contribution in [3.8, 4) is 61.6 Å². The van der Waals surface area contributed by atoms with E-state index in [4.69, 9.17) is 22.6 Å². The molecule has 9 rings (SSSR count). The Morgan fingerprint density at radius 3 is 1.70 bits per heavy atom. The molecule has 0 atom stereocenters. The summed E-state index contributed by atoms with van der Waals surface area (Å²) in [4.78, 5) is 11.6. The van der Waals surface area contributed by atoms with E-state index in [1.54, 1.807) is 0 Å². The number of pyridine rings is 1. The molecule has 3 nitrogen and oxygen atoms in total. The number of aryl methyl sites for hydroxylation is 1. The molecule has 64 heavy (non-hydrogen) atoms. The van der Waals surface area contributed by atoms with Crippen molar-refractivity contribution in [2.45, 2.75) is 90.4 Å². The predicted octanol–water partition coefficient (Wildman–Crippen LogP) is 15.8. The van der Waals surface area contributed by atoms with Crippen molar-refractivity contribution in [1.82, 2.24) is 14.5 Å². The second-order valence-electron chi connectivity index (χ2n) is 20.1. The fourth-order valence-electron chi connectivity index (χ4n) is 8.58. The van der Waals surface area contributed by atoms with Gasteiger partial charge in [0.2, 0.25) is 0 Å². The van der Waals surface area contributed by atoms with Crippen LogP contribution in [-0.2, 0) is 49.9 Å². The van der Waals surface area contributed by atoms with Crippen LogP contribution in [0.15, 0.2) is 157 Å². The Morgan fingerprint density at radius 2 is 1.08 bits per heavy atom. The minimum Gasteiger partial charge on any atom is -0.779 e. The molecule has 0 spiro atoms. The molecule has 9 aromatic rings. The fraction of sp³-hybridized carbons (Fsp3) is 0.220. The van der Waals surface area contributed by atoms with Crippen molar-refractivity contribution in [1.29, 1.82) is 0 Å². The van der Waals surface area contributed by atoms with Gasteiger partial charge in [-0.2, -0.15) is 4.90 Å². The zero-order valence-corrected chi connectivity index (χ0v) is 41.6. The van der Waals surface area contributed by atoms with E-state index in [-0.39, 0.29) is 37.3 Å². The first-order valence-corrected chi connectivity index (χ1v) is 22.4. The second-order valence-corrected chi connectivity index (χ2v) is 20.6. The molecule has 7 aromatic carbocycles. The molecule has 0 amide bonds. The number of hydrogen-bond acceptors (Lipinski definition) is 3. The van der Waals surface area contributed by atoms with Gasteiger partial charge < -0.3 is 17.2 Å². The molecule has 0 fully saturated rings. The predicted molar refractivity (Wildman–Crippen MR) is 269 cm³/mol. The van der Waals surface area contributed by atoms with Gasteiger partial charge in [-0.05, 0) is 109 Å². The maximum atomic E-state index is 6.20. The van der Waals surface area contributed by atoms with Crippen LogP contribution in [0.1, 0.15) is 84.6 Å². The van der Waals surface area contributed by atoms with Crippen LogP contribution in [0.4, 0.5) is 0 Å². The van der Waals surface area contributed by atoms with E-state index in [0.717, 1.165) is 88.4 Å². The van der Waals surface area contributed by atoms with Crippen molar-refractivity contribution in [3.63, 3.8) is 0 Å². The Morgan fingerprint density at radius 1 is 0.500 bits per heavy atom. The molecule has 5 heteroatoms. The van der Waals surface area contributed by atoms with Gasteiger partial charge in [-0.1, -0.05) is 176 Å².